The van der Waals surface area contributed by atoms with Crippen LogP contribution in [0.25, 0.3) is 11.1 Å². The van der Waals surface area contributed by atoms with Gasteiger partial charge in [-0.2, -0.15) is 0 Å². The Morgan fingerprint density at radius 3 is 2.15 bits per heavy atom. The van der Waals surface area contributed by atoms with Crippen molar-refractivity contribution in [1.82, 2.24) is 14.9 Å². The second-order valence-corrected chi connectivity index (χ2v) is 11.6. The average molecular weight is 560 g/mol. The van der Waals surface area contributed by atoms with E-state index >= 15 is 0 Å². The fourth-order valence-electron chi connectivity index (χ4n) is 4.24. The third kappa shape index (κ3) is 7.95. The summed E-state index contributed by atoms with van der Waals surface area (Å²) in [4.78, 5) is 46.1. The molecule has 2 aliphatic rings. The van der Waals surface area contributed by atoms with Gasteiger partial charge in [-0.3, -0.25) is 9.59 Å². The molecule has 0 N–H and O–H groups in total. The van der Waals surface area contributed by atoms with Crippen LogP contribution in [0.5, 0.6) is 5.75 Å². The predicted octanol–water partition coefficient (Wildman–Crippen LogP) is 5.51. The van der Waals surface area contributed by atoms with Crippen molar-refractivity contribution < 1.29 is 37.4 Å². The van der Waals surface area contributed by atoms with Gasteiger partial charge in [0.05, 0.1) is 13.0 Å². The lowest BCUT2D eigenvalue weighted by Gasteiger charge is -2.32. The Morgan fingerprint density at radius 1 is 1.00 bits per heavy atom. The van der Waals surface area contributed by atoms with Crippen molar-refractivity contribution in [3.63, 3.8) is 0 Å². The van der Waals surface area contributed by atoms with E-state index in [2.05, 4.69) is 9.97 Å². The number of amides is 1. The first kappa shape index (κ1) is 29.4. The molecule has 0 radical (unpaired) electrons. The molecule has 0 bridgehead atoms. The smallest absolute Gasteiger partial charge is 0.410 e. The number of ketones is 1. The highest BCUT2D eigenvalue weighted by Crippen LogP contribution is 2.39. The Kier molecular flexibility index (Phi) is 8.70. The van der Waals surface area contributed by atoms with Crippen molar-refractivity contribution in [2.24, 2.45) is 5.92 Å². The first-order valence-corrected chi connectivity index (χ1v) is 13.5. The van der Waals surface area contributed by atoms with Gasteiger partial charge in [0, 0.05) is 37.5 Å². The molecule has 40 heavy (non-hydrogen) atoms. The normalized spacial score (nSPS) is 16.8. The van der Waals surface area contributed by atoms with Crippen LogP contribution in [0.2, 0.25) is 0 Å². The quantitative estimate of drug-likeness (QED) is 0.293. The Balaban J connectivity index is 1.28. The second-order valence-electron chi connectivity index (χ2n) is 11.6. The molecule has 2 fully saturated rings. The number of nitrogens with zero attached hydrogens (tertiary/aromatic N) is 3. The Labute approximate surface area is 232 Å². The minimum absolute atomic E-state index is 0.0489. The monoisotopic (exact) mass is 559 g/mol. The van der Waals surface area contributed by atoms with E-state index in [0.29, 0.717) is 31.5 Å². The van der Waals surface area contributed by atoms with Crippen LogP contribution in [-0.2, 0) is 14.3 Å². The summed E-state index contributed by atoms with van der Waals surface area (Å²) in [5.41, 5.74) is -0.474. The highest BCUT2D eigenvalue weighted by atomic mass is 19.1. The van der Waals surface area contributed by atoms with Crippen LogP contribution in [0, 0.1) is 17.6 Å². The highest BCUT2D eigenvalue weighted by molar-refractivity contribution is 5.94. The third-order valence-electron chi connectivity index (χ3n) is 6.83. The molecule has 2 heterocycles. The average Bonchev–Trinajstić information content (AvgIpc) is 3.62. The van der Waals surface area contributed by atoms with Crippen LogP contribution >= 0.6 is 0 Å². The Morgan fingerprint density at radius 2 is 1.60 bits per heavy atom. The van der Waals surface area contributed by atoms with Crippen LogP contribution in [-0.4, -0.2) is 63.6 Å². The van der Waals surface area contributed by atoms with Crippen molar-refractivity contribution >= 4 is 17.8 Å². The molecule has 1 aliphatic carbocycles. The standard InChI is InChI=1S/C29H35F2N3O6/c1-28(2,3)39-24(36)6-5-23(35)26-32-15-20(16-33-26)19-13-21(30)25(22(31)14-19)38-17-18-7-11-34(12-8-18)27(37)40-29(4)9-10-29/h13-16,18H,5-12,17H2,1-4H3. The topological polar surface area (TPSA) is 108 Å². The van der Waals surface area contributed by atoms with E-state index in [-0.39, 0.29) is 48.4 Å². The predicted molar refractivity (Wildman–Crippen MR) is 141 cm³/mol. The molecule has 1 aliphatic heterocycles. The zero-order valence-corrected chi connectivity index (χ0v) is 23.3. The number of piperidine rings is 1. The first-order valence-electron chi connectivity index (χ1n) is 13.5. The molecule has 11 heteroatoms. The number of carbonyl (C=O) groups is 3. The molecule has 4 rings (SSSR count). The van der Waals surface area contributed by atoms with Crippen LogP contribution in [0.15, 0.2) is 24.5 Å². The van der Waals surface area contributed by atoms with Crippen LogP contribution in [0.1, 0.15) is 76.8 Å². The molecule has 9 nitrogen and oxygen atoms in total. The molecular weight excluding hydrogens is 524 g/mol. The lowest BCUT2D eigenvalue weighted by Crippen LogP contribution is -2.41. The fourth-order valence-corrected chi connectivity index (χ4v) is 4.24. The van der Waals surface area contributed by atoms with Gasteiger partial charge in [0.2, 0.25) is 5.78 Å². The van der Waals surface area contributed by atoms with E-state index in [1.807, 2.05) is 6.92 Å². The van der Waals surface area contributed by atoms with E-state index < -0.39 is 34.7 Å². The molecule has 1 saturated heterocycles. The number of halogens is 2. The number of benzene rings is 1. The van der Waals surface area contributed by atoms with E-state index in [1.54, 1.807) is 25.7 Å². The molecule has 0 spiro atoms. The lowest BCUT2D eigenvalue weighted by atomic mass is 9.98. The molecule has 1 saturated carbocycles. The number of aromatic nitrogens is 2. The number of rotatable bonds is 9. The second kappa shape index (κ2) is 11.9. The molecule has 1 amide bonds. The summed E-state index contributed by atoms with van der Waals surface area (Å²) < 4.78 is 45.8. The summed E-state index contributed by atoms with van der Waals surface area (Å²) >= 11 is 0. The van der Waals surface area contributed by atoms with Gasteiger partial charge in [0.1, 0.15) is 11.2 Å². The summed E-state index contributed by atoms with van der Waals surface area (Å²) in [6, 6.07) is 2.25. The van der Waals surface area contributed by atoms with Gasteiger partial charge in [-0.15, -0.1) is 0 Å². The third-order valence-corrected chi connectivity index (χ3v) is 6.83. The molecule has 1 aromatic heterocycles. The van der Waals surface area contributed by atoms with Gasteiger partial charge in [-0.25, -0.2) is 23.5 Å². The summed E-state index contributed by atoms with van der Waals surface area (Å²) in [5.74, 6) is -3.21. The van der Waals surface area contributed by atoms with E-state index in [9.17, 15) is 23.2 Å². The van der Waals surface area contributed by atoms with Crippen molar-refractivity contribution in [2.45, 2.75) is 77.4 Å². The molecule has 1 aromatic carbocycles. The van der Waals surface area contributed by atoms with Gasteiger partial charge in [-0.05, 0) is 77.0 Å². The number of hydrogen-bond acceptors (Lipinski definition) is 8. The summed E-state index contributed by atoms with van der Waals surface area (Å²) in [6.07, 6.45) is 5.12. The fraction of sp³-hybridized carbons (Fsp3) is 0.552. The lowest BCUT2D eigenvalue weighted by molar-refractivity contribution is -0.154. The number of Topliss-reactive ketones (excluding diaryl/α,β-unsaturated/α-hetero) is 1. The molecule has 0 atom stereocenters. The van der Waals surface area contributed by atoms with Crippen molar-refractivity contribution in [3.8, 4) is 16.9 Å². The van der Waals surface area contributed by atoms with Gasteiger partial charge >= 0.3 is 12.1 Å². The number of likely N-dealkylation sites (tertiary alicyclic amines) is 1. The van der Waals surface area contributed by atoms with Crippen LogP contribution < -0.4 is 4.74 Å². The largest absolute Gasteiger partial charge is 0.487 e. The number of carbonyl (C=O) groups excluding carboxylic acids is 3. The maximum absolute atomic E-state index is 14.8. The van der Waals surface area contributed by atoms with Crippen molar-refractivity contribution in [3.05, 3.63) is 42.0 Å². The van der Waals surface area contributed by atoms with E-state index in [0.717, 1.165) is 25.0 Å². The minimum atomic E-state index is -0.869. The van der Waals surface area contributed by atoms with Crippen molar-refractivity contribution in [1.29, 1.82) is 0 Å². The summed E-state index contributed by atoms with van der Waals surface area (Å²) in [5, 5.41) is 0. The zero-order valence-electron chi connectivity index (χ0n) is 23.3. The van der Waals surface area contributed by atoms with Crippen LogP contribution in [0.3, 0.4) is 0 Å². The van der Waals surface area contributed by atoms with Gasteiger partial charge in [0.15, 0.2) is 23.2 Å². The van der Waals surface area contributed by atoms with Gasteiger partial charge < -0.3 is 19.1 Å². The Hall–Kier alpha value is -3.63. The summed E-state index contributed by atoms with van der Waals surface area (Å²) in [7, 11) is 0. The zero-order chi connectivity index (χ0) is 29.1. The first-order chi connectivity index (χ1) is 18.8. The van der Waals surface area contributed by atoms with Crippen LogP contribution in [0.4, 0.5) is 13.6 Å². The van der Waals surface area contributed by atoms with Gasteiger partial charge in [-0.1, -0.05) is 0 Å². The number of ether oxygens (including phenoxy) is 3. The highest BCUT2D eigenvalue weighted by Gasteiger charge is 2.43. The van der Waals surface area contributed by atoms with E-state index in [1.165, 1.54) is 12.4 Å². The summed E-state index contributed by atoms with van der Waals surface area (Å²) in [6.45, 7) is 8.26. The minimum Gasteiger partial charge on any atom is -0.487 e. The molecular formula is C29H35F2N3O6. The molecule has 0 unspecified atom stereocenters. The van der Waals surface area contributed by atoms with Crippen molar-refractivity contribution in [2.75, 3.05) is 19.7 Å². The van der Waals surface area contributed by atoms with Gasteiger partial charge in [0.25, 0.3) is 0 Å². The van der Waals surface area contributed by atoms with E-state index in [4.69, 9.17) is 14.2 Å². The molecule has 216 valence electrons. The maximum Gasteiger partial charge on any atom is 0.410 e. The molecule has 2 aromatic rings. The number of esters is 1. The Bertz CT molecular complexity index is 1230. The SMILES string of the molecule is CC(C)(C)OC(=O)CCC(=O)c1ncc(-c2cc(F)c(OCC3CCN(C(=O)OC4(C)CC4)CC3)c(F)c2)cn1. The maximum atomic E-state index is 14.8. The number of hydrogen-bond donors (Lipinski definition) is 0.